The van der Waals surface area contributed by atoms with Crippen LogP contribution in [0.3, 0.4) is 0 Å². The van der Waals surface area contributed by atoms with E-state index in [1.54, 1.807) is 25.3 Å². The third kappa shape index (κ3) is 5.01. The number of hydrogen-bond acceptors (Lipinski definition) is 5. The Morgan fingerprint density at radius 1 is 1.11 bits per heavy atom. The van der Waals surface area contributed by atoms with Crippen molar-refractivity contribution in [3.63, 3.8) is 0 Å². The Hall–Kier alpha value is -2.08. The van der Waals surface area contributed by atoms with Gasteiger partial charge in [0, 0.05) is 11.1 Å². The zero-order chi connectivity index (χ0) is 19.4. The van der Waals surface area contributed by atoms with Crippen LogP contribution in [0.4, 0.5) is 0 Å². The molecule has 1 atom stereocenters. The molecule has 5 nitrogen and oxygen atoms in total. The number of likely N-dealkylation sites (N-methyl/N-ethyl adjacent to an activating group) is 1. The van der Waals surface area contributed by atoms with Gasteiger partial charge in [0.1, 0.15) is 5.75 Å². The maximum Gasteiger partial charge on any atom is 0.249 e. The van der Waals surface area contributed by atoms with Crippen LogP contribution in [0.1, 0.15) is 18.4 Å². The molecule has 0 spiro atoms. The largest absolute Gasteiger partial charge is 0.497 e. The quantitative estimate of drug-likeness (QED) is 0.546. The van der Waals surface area contributed by atoms with Gasteiger partial charge in [-0.3, -0.25) is 4.90 Å². The highest BCUT2D eigenvalue weighted by atomic mass is 35.5. The molecule has 3 aromatic rings. The molecule has 1 heterocycles. The van der Waals surface area contributed by atoms with Crippen molar-refractivity contribution in [3.05, 3.63) is 64.0 Å². The number of hydrogen-bond donors (Lipinski definition) is 0. The lowest BCUT2D eigenvalue weighted by molar-refractivity contribution is 0.225. The van der Waals surface area contributed by atoms with E-state index in [0.717, 1.165) is 12.2 Å². The van der Waals surface area contributed by atoms with Crippen LogP contribution in [-0.2, 0) is 13.0 Å². The number of methoxy groups -OCH3 is 1. The summed E-state index contributed by atoms with van der Waals surface area (Å²) in [6.07, 6.45) is 0.907. The van der Waals surface area contributed by atoms with E-state index in [4.69, 9.17) is 32.4 Å². The topological polar surface area (TPSA) is 51.4 Å². The van der Waals surface area contributed by atoms with Crippen LogP contribution in [0.15, 0.2) is 46.9 Å². The van der Waals surface area contributed by atoms with Crippen molar-refractivity contribution in [2.24, 2.45) is 0 Å². The predicted octanol–water partition coefficient (Wildman–Crippen LogP) is 5.12. The second kappa shape index (κ2) is 8.74. The summed E-state index contributed by atoms with van der Waals surface area (Å²) in [5.41, 5.74) is 1.92. The highest BCUT2D eigenvalue weighted by Gasteiger charge is 2.16. The molecule has 1 unspecified atom stereocenters. The zero-order valence-electron chi connectivity index (χ0n) is 15.4. The molecule has 0 radical (unpaired) electrons. The van der Waals surface area contributed by atoms with Gasteiger partial charge in [0.2, 0.25) is 11.8 Å². The van der Waals surface area contributed by atoms with Gasteiger partial charge in [-0.15, -0.1) is 10.2 Å². The number of benzene rings is 2. The highest BCUT2D eigenvalue weighted by molar-refractivity contribution is 6.36. The number of halogens is 2. The molecule has 0 aliphatic rings. The van der Waals surface area contributed by atoms with Gasteiger partial charge in [-0.25, -0.2) is 0 Å². The van der Waals surface area contributed by atoms with Gasteiger partial charge in [-0.2, -0.15) is 0 Å². The van der Waals surface area contributed by atoms with Gasteiger partial charge < -0.3 is 9.15 Å². The number of nitrogens with zero attached hydrogens (tertiary/aromatic N) is 3. The first-order chi connectivity index (χ1) is 13.0. The maximum absolute atomic E-state index is 6.21. The Balaban J connectivity index is 1.63. The van der Waals surface area contributed by atoms with Crippen molar-refractivity contribution < 1.29 is 9.15 Å². The zero-order valence-corrected chi connectivity index (χ0v) is 17.0. The maximum atomic E-state index is 6.21. The number of rotatable bonds is 7. The fourth-order valence-corrected chi connectivity index (χ4v) is 3.21. The lowest BCUT2D eigenvalue weighted by Crippen LogP contribution is -2.30. The van der Waals surface area contributed by atoms with E-state index in [9.17, 15) is 0 Å². The molecule has 0 aliphatic carbocycles. The Kier molecular flexibility index (Phi) is 6.37. The molecule has 0 bridgehead atoms. The molecular formula is C20H21Cl2N3O2. The lowest BCUT2D eigenvalue weighted by Gasteiger charge is -2.23. The predicted molar refractivity (Wildman–Crippen MR) is 107 cm³/mol. The monoisotopic (exact) mass is 405 g/mol. The average molecular weight is 406 g/mol. The van der Waals surface area contributed by atoms with Crippen molar-refractivity contribution in [2.75, 3.05) is 14.2 Å². The first-order valence-electron chi connectivity index (χ1n) is 8.57. The molecule has 0 saturated heterocycles. The highest BCUT2D eigenvalue weighted by Crippen LogP contribution is 2.29. The van der Waals surface area contributed by atoms with Crippen molar-refractivity contribution in [1.29, 1.82) is 0 Å². The van der Waals surface area contributed by atoms with Crippen LogP contribution in [0, 0.1) is 0 Å². The molecule has 1 aromatic heterocycles. The minimum Gasteiger partial charge on any atom is -0.497 e. The Morgan fingerprint density at radius 2 is 1.85 bits per heavy atom. The van der Waals surface area contributed by atoms with Gasteiger partial charge in [0.25, 0.3) is 0 Å². The molecule has 7 heteroatoms. The summed E-state index contributed by atoms with van der Waals surface area (Å²) in [7, 11) is 3.70. The summed E-state index contributed by atoms with van der Waals surface area (Å²) in [5.74, 6) is 1.79. The van der Waals surface area contributed by atoms with E-state index >= 15 is 0 Å². The molecule has 0 fully saturated rings. The van der Waals surface area contributed by atoms with E-state index in [1.165, 1.54) is 5.56 Å². The van der Waals surface area contributed by atoms with Crippen LogP contribution >= 0.6 is 23.2 Å². The third-order valence-corrected chi connectivity index (χ3v) is 5.00. The second-order valence-corrected chi connectivity index (χ2v) is 7.29. The summed E-state index contributed by atoms with van der Waals surface area (Å²) >= 11 is 12.1. The van der Waals surface area contributed by atoms with Crippen LogP contribution in [-0.4, -0.2) is 35.3 Å². The van der Waals surface area contributed by atoms with Gasteiger partial charge in [0.05, 0.1) is 24.2 Å². The standard InChI is InChI=1S/C20H21Cl2N3O2/c1-13(10-14-4-7-16(26-3)8-5-14)25(2)12-19-23-24-20(27-19)17-9-6-15(21)11-18(17)22/h4-9,11,13H,10,12H2,1-3H3. The number of aromatic nitrogens is 2. The summed E-state index contributed by atoms with van der Waals surface area (Å²) in [6, 6.07) is 13.6. The smallest absolute Gasteiger partial charge is 0.249 e. The third-order valence-electron chi connectivity index (χ3n) is 4.46. The molecule has 0 aliphatic heterocycles. The van der Waals surface area contributed by atoms with Gasteiger partial charge in [-0.1, -0.05) is 35.3 Å². The Morgan fingerprint density at radius 3 is 2.52 bits per heavy atom. The molecule has 2 aromatic carbocycles. The lowest BCUT2D eigenvalue weighted by atomic mass is 10.1. The van der Waals surface area contributed by atoms with Crippen molar-refractivity contribution in [1.82, 2.24) is 15.1 Å². The molecule has 0 saturated carbocycles. The minimum atomic E-state index is 0.299. The van der Waals surface area contributed by atoms with Gasteiger partial charge in [-0.05, 0) is 56.3 Å². The second-order valence-electron chi connectivity index (χ2n) is 6.44. The van der Waals surface area contributed by atoms with Crippen LogP contribution in [0.25, 0.3) is 11.5 Å². The van der Waals surface area contributed by atoms with Gasteiger partial charge in [0.15, 0.2) is 0 Å². The fraction of sp³-hybridized carbons (Fsp3) is 0.300. The summed E-state index contributed by atoms with van der Waals surface area (Å²) in [4.78, 5) is 2.17. The normalized spacial score (nSPS) is 12.4. The summed E-state index contributed by atoms with van der Waals surface area (Å²) in [6.45, 7) is 2.72. The van der Waals surface area contributed by atoms with Crippen molar-refractivity contribution in [3.8, 4) is 17.2 Å². The van der Waals surface area contributed by atoms with Crippen molar-refractivity contribution in [2.45, 2.75) is 25.9 Å². The molecular weight excluding hydrogens is 385 g/mol. The number of ether oxygens (including phenoxy) is 1. The van der Waals surface area contributed by atoms with E-state index < -0.39 is 0 Å². The van der Waals surface area contributed by atoms with Crippen LogP contribution < -0.4 is 4.74 Å². The molecule has 3 rings (SSSR count). The van der Waals surface area contributed by atoms with E-state index in [1.807, 2.05) is 19.2 Å². The fourth-order valence-electron chi connectivity index (χ4n) is 2.72. The van der Waals surface area contributed by atoms with Crippen molar-refractivity contribution >= 4 is 23.2 Å². The first-order valence-corrected chi connectivity index (χ1v) is 9.33. The summed E-state index contributed by atoms with van der Waals surface area (Å²) in [5, 5.41) is 9.30. The molecule has 142 valence electrons. The van der Waals surface area contributed by atoms with E-state index in [0.29, 0.717) is 40.0 Å². The summed E-state index contributed by atoms with van der Waals surface area (Å²) < 4.78 is 11.0. The van der Waals surface area contributed by atoms with E-state index in [2.05, 4.69) is 34.2 Å². The minimum absolute atomic E-state index is 0.299. The van der Waals surface area contributed by atoms with E-state index in [-0.39, 0.29) is 0 Å². The average Bonchev–Trinajstić information content (AvgIpc) is 3.10. The SMILES string of the molecule is COc1ccc(CC(C)N(C)Cc2nnc(-c3ccc(Cl)cc3Cl)o2)cc1. The van der Waals surface area contributed by atoms with Crippen LogP contribution in [0.2, 0.25) is 10.0 Å². The Bertz CT molecular complexity index is 896. The molecule has 0 N–H and O–H groups in total. The van der Waals surface area contributed by atoms with Gasteiger partial charge >= 0.3 is 0 Å². The first kappa shape index (κ1) is 19.7. The van der Waals surface area contributed by atoms with Crippen LogP contribution in [0.5, 0.6) is 5.75 Å². The molecule has 27 heavy (non-hydrogen) atoms. The molecule has 0 amide bonds. The Labute approximate surface area is 168 Å².